The number of nitro groups is 1. The fraction of sp³-hybridized carbons (Fsp3) is 1.00. The van der Waals surface area contributed by atoms with Gasteiger partial charge in [0.05, 0.1) is 6.04 Å². The molecule has 0 aromatic rings. The lowest BCUT2D eigenvalue weighted by molar-refractivity contribution is -0.685. The minimum absolute atomic E-state index is 0.000000000000000222. The molecule has 19 heavy (non-hydrogen) atoms. The van der Waals surface area contributed by atoms with Gasteiger partial charge >= 0.3 is 0 Å². The van der Waals surface area contributed by atoms with Gasteiger partial charge in [0.15, 0.2) is 10.7 Å². The first-order valence-corrected chi connectivity index (χ1v) is 7.44. The van der Waals surface area contributed by atoms with E-state index in [1.807, 2.05) is 0 Å². The van der Waals surface area contributed by atoms with Gasteiger partial charge in [0.1, 0.15) is 0 Å². The maximum atomic E-state index is 11.6. The van der Waals surface area contributed by atoms with Crippen molar-refractivity contribution in [1.82, 2.24) is 10.1 Å². The van der Waals surface area contributed by atoms with Gasteiger partial charge in [-0.25, -0.2) is 10.1 Å². The molecule has 0 heterocycles. The largest absolute Gasteiger partial charge is 0.273 e. The Balaban J connectivity index is 3.26. The molecule has 1 fully saturated rings. The molecule has 1 rings (SSSR count). The van der Waals surface area contributed by atoms with Crippen LogP contribution in [0.25, 0.3) is 0 Å². The maximum absolute atomic E-state index is 11.6. The first-order valence-electron chi connectivity index (χ1n) is 6.86. The number of hydrogen-bond acceptors (Lipinski definition) is 3. The molecule has 112 valence electrons. The number of nitrogens with one attached hydrogen (secondary N) is 1. The molecule has 1 aliphatic rings. The Morgan fingerprint density at radius 2 is 1.74 bits per heavy atom. The van der Waals surface area contributed by atoms with Gasteiger partial charge in [-0.1, -0.05) is 50.9 Å². The Morgan fingerprint density at radius 1 is 1.26 bits per heavy atom. The molecule has 0 saturated heterocycles. The van der Waals surface area contributed by atoms with Crippen molar-refractivity contribution < 1.29 is 5.03 Å². The summed E-state index contributed by atoms with van der Waals surface area (Å²) in [5.74, 6) is 0. The average molecular weight is 289 g/mol. The predicted molar refractivity (Wildman–Crippen MR) is 81.0 cm³/mol. The van der Waals surface area contributed by atoms with Gasteiger partial charge in [-0.15, -0.1) is 5.01 Å². The van der Waals surface area contributed by atoms with Gasteiger partial charge in [-0.05, 0) is 24.7 Å². The van der Waals surface area contributed by atoms with E-state index in [9.17, 15) is 10.1 Å². The fourth-order valence-corrected chi connectivity index (χ4v) is 3.36. The van der Waals surface area contributed by atoms with Gasteiger partial charge in [-0.2, -0.15) is 0 Å². The van der Waals surface area contributed by atoms with Crippen LogP contribution < -0.4 is 5.09 Å². The smallest absolute Gasteiger partial charge is 0.162 e. The van der Waals surface area contributed by atoms with Gasteiger partial charge in [0, 0.05) is 5.41 Å². The van der Waals surface area contributed by atoms with Crippen molar-refractivity contribution in [3.63, 3.8) is 0 Å². The third-order valence-electron chi connectivity index (χ3n) is 3.73. The lowest BCUT2D eigenvalue weighted by atomic mass is 9.71. The highest BCUT2D eigenvalue weighted by Crippen LogP contribution is 2.46. The molecule has 1 N–H and O–H groups in total. The normalized spacial score (nSPS) is 19.9. The van der Waals surface area contributed by atoms with Crippen LogP contribution in [0.5, 0.6) is 0 Å². The highest BCUT2D eigenvalue weighted by molar-refractivity contribution is 7.13. The van der Waals surface area contributed by atoms with Crippen LogP contribution >= 0.6 is 9.39 Å². The van der Waals surface area contributed by atoms with E-state index < -0.39 is 5.66 Å². The van der Waals surface area contributed by atoms with Crippen molar-refractivity contribution in [3.8, 4) is 0 Å². The van der Waals surface area contributed by atoms with Crippen LogP contribution in [0.3, 0.4) is 0 Å². The van der Waals surface area contributed by atoms with Crippen LogP contribution in [0.2, 0.25) is 0 Å². The molecular weight excluding hydrogens is 261 g/mol. The highest BCUT2D eigenvalue weighted by Gasteiger charge is 2.58. The van der Waals surface area contributed by atoms with E-state index in [2.05, 4.69) is 56.0 Å². The van der Waals surface area contributed by atoms with E-state index >= 15 is 0 Å². The average Bonchev–Trinajstić information content (AvgIpc) is 2.96. The standard InChI is InChI=1S/C13H28N3O2P/c1-11(2,3)9-13(14-19,12(4,5)6)15(16(17)18)10-7-8-10/h10,14H,7-9,19H2,1-6H3. The summed E-state index contributed by atoms with van der Waals surface area (Å²) in [5, 5.41) is 16.1. The summed E-state index contributed by atoms with van der Waals surface area (Å²) in [7, 11) is 2.50. The molecule has 0 aromatic carbocycles. The molecule has 5 nitrogen and oxygen atoms in total. The molecule has 1 saturated carbocycles. The van der Waals surface area contributed by atoms with Crippen LogP contribution in [-0.4, -0.2) is 21.7 Å². The van der Waals surface area contributed by atoms with Gasteiger partial charge in [0.25, 0.3) is 0 Å². The summed E-state index contributed by atoms with van der Waals surface area (Å²) in [6.45, 7) is 12.6. The number of rotatable bonds is 5. The predicted octanol–water partition coefficient (Wildman–Crippen LogP) is 3.20. The number of hydrogen-bond donors (Lipinski definition) is 1. The van der Waals surface area contributed by atoms with Crippen LogP contribution in [-0.2, 0) is 0 Å². The number of hydrazine groups is 1. The topological polar surface area (TPSA) is 58.4 Å². The van der Waals surface area contributed by atoms with E-state index in [0.717, 1.165) is 12.8 Å². The second kappa shape index (κ2) is 5.17. The minimum Gasteiger partial charge on any atom is -0.273 e. The number of nitrogens with zero attached hydrogens (tertiary/aromatic N) is 2. The summed E-state index contributed by atoms with van der Waals surface area (Å²) >= 11 is 0. The van der Waals surface area contributed by atoms with E-state index in [1.54, 1.807) is 0 Å². The van der Waals surface area contributed by atoms with Crippen LogP contribution in [0.1, 0.15) is 60.8 Å². The SMILES string of the molecule is CC(C)(C)CC(NP)(N(C1CC1)[N+](=O)[O-])C(C)(C)C. The van der Waals surface area contributed by atoms with Crippen molar-refractivity contribution in [1.29, 1.82) is 0 Å². The summed E-state index contributed by atoms with van der Waals surface area (Å²) in [5.41, 5.74) is -0.918. The maximum Gasteiger partial charge on any atom is 0.162 e. The zero-order chi connectivity index (χ0) is 15.1. The first kappa shape index (κ1) is 16.6. The Bertz CT molecular complexity index is 345. The van der Waals surface area contributed by atoms with Crippen molar-refractivity contribution in [3.05, 3.63) is 10.1 Å². The molecule has 0 bridgehead atoms. The van der Waals surface area contributed by atoms with Crippen LogP contribution in [0.4, 0.5) is 0 Å². The van der Waals surface area contributed by atoms with Crippen molar-refractivity contribution in [2.24, 2.45) is 10.8 Å². The molecular formula is C13H28N3O2P. The molecule has 0 aliphatic heterocycles. The van der Waals surface area contributed by atoms with Crippen LogP contribution in [0.15, 0.2) is 0 Å². The molecule has 2 unspecified atom stereocenters. The van der Waals surface area contributed by atoms with E-state index in [-0.39, 0.29) is 21.9 Å². The molecule has 0 aromatic heterocycles. The molecule has 1 aliphatic carbocycles. The zero-order valence-corrected chi connectivity index (χ0v) is 14.1. The minimum atomic E-state index is -0.666. The lowest BCUT2D eigenvalue weighted by Gasteiger charge is -2.49. The van der Waals surface area contributed by atoms with Crippen molar-refractivity contribution in [2.75, 3.05) is 0 Å². The second-order valence-corrected chi connectivity index (χ2v) is 8.09. The fourth-order valence-electron chi connectivity index (χ4n) is 2.69. The van der Waals surface area contributed by atoms with E-state index in [0.29, 0.717) is 6.42 Å². The molecule has 2 atom stereocenters. The van der Waals surface area contributed by atoms with Crippen LogP contribution in [0, 0.1) is 20.9 Å². The Labute approximate surface area is 118 Å². The summed E-state index contributed by atoms with van der Waals surface area (Å²) in [6.07, 6.45) is 2.54. The third kappa shape index (κ3) is 3.57. The lowest BCUT2D eigenvalue weighted by Crippen LogP contribution is -2.67. The van der Waals surface area contributed by atoms with Crippen molar-refractivity contribution in [2.45, 2.75) is 72.5 Å². The molecule has 0 spiro atoms. The summed E-state index contributed by atoms with van der Waals surface area (Å²) in [4.78, 5) is 11.6. The monoisotopic (exact) mass is 289 g/mol. The summed E-state index contributed by atoms with van der Waals surface area (Å²) in [6, 6.07) is 0.0598. The third-order valence-corrected chi connectivity index (χ3v) is 4.20. The van der Waals surface area contributed by atoms with E-state index in [1.165, 1.54) is 5.01 Å². The van der Waals surface area contributed by atoms with Gasteiger partial charge in [-0.3, -0.25) is 5.09 Å². The second-order valence-electron chi connectivity index (χ2n) is 7.81. The van der Waals surface area contributed by atoms with Crippen molar-refractivity contribution >= 4 is 9.39 Å². The van der Waals surface area contributed by atoms with E-state index in [4.69, 9.17) is 0 Å². The first-order chi connectivity index (χ1) is 8.44. The molecule has 0 radical (unpaired) electrons. The molecule has 6 heteroatoms. The Morgan fingerprint density at radius 3 is 1.95 bits per heavy atom. The zero-order valence-electron chi connectivity index (χ0n) is 13.0. The highest BCUT2D eigenvalue weighted by atomic mass is 31.0. The quantitative estimate of drug-likeness (QED) is 0.365. The van der Waals surface area contributed by atoms with Gasteiger partial charge in [0.2, 0.25) is 0 Å². The Kier molecular flexibility index (Phi) is 4.53. The molecule has 0 amide bonds. The van der Waals surface area contributed by atoms with Gasteiger partial charge < -0.3 is 0 Å². The Hall–Kier alpha value is -0.410. The summed E-state index contributed by atoms with van der Waals surface area (Å²) < 4.78 is 0.